The molecule has 0 atom stereocenters. The van der Waals surface area contributed by atoms with Crippen LogP contribution < -0.4 is 14.8 Å². The molecule has 0 fully saturated rings. The number of ether oxygens (including phenoxy) is 1. The van der Waals surface area contributed by atoms with Crippen LogP contribution in [0.3, 0.4) is 0 Å². The lowest BCUT2D eigenvalue weighted by atomic mass is 10.1. The highest BCUT2D eigenvalue weighted by Crippen LogP contribution is 2.26. The summed E-state index contributed by atoms with van der Waals surface area (Å²) in [6.45, 7) is 7.87. The van der Waals surface area contributed by atoms with Crippen molar-refractivity contribution < 1.29 is 17.9 Å². The number of hydrogen-bond donors (Lipinski definition) is 3. The predicted octanol–water partition coefficient (Wildman–Crippen LogP) is 1.98. The highest BCUT2D eigenvalue weighted by Gasteiger charge is 2.26. The Bertz CT molecular complexity index is 1020. The number of nitrogens with zero attached hydrogens (tertiary/aromatic N) is 2. The fourth-order valence-electron chi connectivity index (χ4n) is 2.56. The molecule has 0 aliphatic carbocycles. The Kier molecular flexibility index (Phi) is 6.63. The number of H-pyrrole nitrogens is 1. The number of hydrogen-bond acceptors (Lipinski definition) is 6. The van der Waals surface area contributed by atoms with Gasteiger partial charge in [-0.15, -0.1) is 0 Å². The molecule has 0 spiro atoms. The smallest absolute Gasteiger partial charge is 0.251 e. The van der Waals surface area contributed by atoms with Crippen molar-refractivity contribution >= 4 is 28.1 Å². The number of benzene rings is 1. The third kappa shape index (κ3) is 5.18. The lowest BCUT2D eigenvalue weighted by Crippen LogP contribution is -2.40. The van der Waals surface area contributed by atoms with Gasteiger partial charge in [-0.05, 0) is 58.1 Å². The van der Waals surface area contributed by atoms with E-state index in [-0.39, 0.29) is 22.8 Å². The maximum Gasteiger partial charge on any atom is 0.251 e. The minimum atomic E-state index is -3.88. The average Bonchev–Trinajstić information content (AvgIpc) is 2.96. The highest BCUT2D eigenvalue weighted by molar-refractivity contribution is 7.89. The molecule has 0 unspecified atom stereocenters. The summed E-state index contributed by atoms with van der Waals surface area (Å²) in [5.41, 5.74) is -0.495. The quantitative estimate of drug-likeness (QED) is 0.582. The maximum absolute atomic E-state index is 12.7. The molecule has 154 valence electrons. The monoisotopic (exact) mass is 427 g/mol. The van der Waals surface area contributed by atoms with Crippen molar-refractivity contribution in [3.63, 3.8) is 0 Å². The number of amides is 1. The number of carbonyl (C=O) groups is 1. The van der Waals surface area contributed by atoms with E-state index in [0.717, 1.165) is 0 Å². The van der Waals surface area contributed by atoms with E-state index in [0.29, 0.717) is 17.1 Å². The van der Waals surface area contributed by atoms with Gasteiger partial charge in [-0.25, -0.2) is 13.1 Å². The zero-order valence-corrected chi connectivity index (χ0v) is 18.1. The molecule has 0 saturated heterocycles. The first-order chi connectivity index (χ1) is 13.0. The van der Waals surface area contributed by atoms with Crippen LogP contribution in [0.1, 0.15) is 43.9 Å². The predicted molar refractivity (Wildman–Crippen MR) is 107 cm³/mol. The maximum atomic E-state index is 12.7. The van der Waals surface area contributed by atoms with E-state index in [1.54, 1.807) is 25.3 Å². The number of sulfonamides is 1. The summed E-state index contributed by atoms with van der Waals surface area (Å²) in [4.78, 5) is 12.4. The van der Waals surface area contributed by atoms with Crippen molar-refractivity contribution in [2.45, 2.75) is 51.2 Å². The molecule has 2 rings (SSSR count). The van der Waals surface area contributed by atoms with E-state index in [1.807, 2.05) is 6.92 Å². The van der Waals surface area contributed by atoms with Crippen LogP contribution in [0.2, 0.25) is 0 Å². The summed E-state index contributed by atoms with van der Waals surface area (Å²) in [7, 11) is -2.51. The van der Waals surface area contributed by atoms with E-state index in [2.05, 4.69) is 20.2 Å². The van der Waals surface area contributed by atoms with Crippen LogP contribution in [0.25, 0.3) is 0 Å². The van der Waals surface area contributed by atoms with Crippen molar-refractivity contribution in [1.82, 2.24) is 24.8 Å². The summed E-state index contributed by atoms with van der Waals surface area (Å²) in [6.07, 6.45) is 0. The Balaban J connectivity index is 2.28. The molecular formula is C17H25N5O4S2. The van der Waals surface area contributed by atoms with Gasteiger partial charge in [0, 0.05) is 17.6 Å². The SMILES string of the molecule is CCn1c(CNC(=O)c2ccc(OC)c(S(=O)(=O)NC(C)(C)C)c2)n[nH]c1=S. The molecule has 9 nitrogen and oxygen atoms in total. The Morgan fingerprint density at radius 1 is 1.36 bits per heavy atom. The fraction of sp³-hybridized carbons (Fsp3) is 0.471. The van der Waals surface area contributed by atoms with Crippen molar-refractivity contribution in [3.8, 4) is 5.75 Å². The number of nitrogens with one attached hydrogen (secondary N) is 3. The minimum absolute atomic E-state index is 0.103. The summed E-state index contributed by atoms with van der Waals surface area (Å²) < 4.78 is 35.4. The average molecular weight is 428 g/mol. The summed E-state index contributed by atoms with van der Waals surface area (Å²) in [5, 5.41) is 9.48. The molecule has 28 heavy (non-hydrogen) atoms. The van der Waals surface area contributed by atoms with Gasteiger partial charge >= 0.3 is 0 Å². The zero-order valence-electron chi connectivity index (χ0n) is 16.5. The van der Waals surface area contributed by atoms with Crippen LogP contribution in [-0.4, -0.2) is 41.7 Å². The van der Waals surface area contributed by atoms with E-state index in [1.165, 1.54) is 25.3 Å². The van der Waals surface area contributed by atoms with Gasteiger partial charge in [0.2, 0.25) is 10.0 Å². The first kappa shape index (κ1) is 22.1. The lowest BCUT2D eigenvalue weighted by Gasteiger charge is -2.21. The second kappa shape index (κ2) is 8.41. The van der Waals surface area contributed by atoms with Crippen LogP contribution in [-0.2, 0) is 23.1 Å². The standard InChI is InChI=1S/C17H25N5O4S2/c1-6-22-14(19-20-16(22)27)10-18-15(23)11-7-8-12(26-5)13(9-11)28(24,25)21-17(2,3)4/h7-9,21H,6,10H2,1-5H3,(H,18,23)(H,20,27). The van der Waals surface area contributed by atoms with E-state index in [9.17, 15) is 13.2 Å². The molecule has 1 amide bonds. The summed E-state index contributed by atoms with van der Waals surface area (Å²) >= 11 is 5.12. The van der Waals surface area contributed by atoms with Crippen LogP contribution in [0, 0.1) is 4.77 Å². The van der Waals surface area contributed by atoms with Gasteiger partial charge < -0.3 is 14.6 Å². The van der Waals surface area contributed by atoms with Gasteiger partial charge in [-0.1, -0.05) is 0 Å². The lowest BCUT2D eigenvalue weighted by molar-refractivity contribution is 0.0949. The third-order valence-corrected chi connectivity index (χ3v) is 5.81. The fourth-order valence-corrected chi connectivity index (χ4v) is 4.45. The zero-order chi connectivity index (χ0) is 21.1. The van der Waals surface area contributed by atoms with Crippen molar-refractivity contribution in [1.29, 1.82) is 0 Å². The molecule has 0 aliphatic rings. The molecule has 1 aromatic heterocycles. The number of methoxy groups -OCH3 is 1. The van der Waals surface area contributed by atoms with Gasteiger partial charge in [0.25, 0.3) is 5.91 Å². The second-order valence-electron chi connectivity index (χ2n) is 7.09. The van der Waals surface area contributed by atoms with Crippen LogP contribution in [0.4, 0.5) is 0 Å². The Morgan fingerprint density at radius 2 is 2.04 bits per heavy atom. The molecule has 0 radical (unpaired) electrons. The van der Waals surface area contributed by atoms with E-state index in [4.69, 9.17) is 17.0 Å². The minimum Gasteiger partial charge on any atom is -0.495 e. The molecule has 11 heteroatoms. The van der Waals surface area contributed by atoms with Crippen LogP contribution in [0.15, 0.2) is 23.1 Å². The van der Waals surface area contributed by atoms with Crippen LogP contribution in [0.5, 0.6) is 5.75 Å². The first-order valence-corrected chi connectivity index (χ1v) is 10.5. The molecule has 3 N–H and O–H groups in total. The van der Waals surface area contributed by atoms with Crippen molar-refractivity contribution in [2.24, 2.45) is 0 Å². The molecule has 1 heterocycles. The molecule has 0 aliphatic heterocycles. The third-order valence-electron chi connectivity index (χ3n) is 3.72. The second-order valence-corrected chi connectivity index (χ2v) is 9.13. The number of carbonyl (C=O) groups excluding carboxylic acids is 1. The number of aromatic amines is 1. The van der Waals surface area contributed by atoms with E-state index >= 15 is 0 Å². The van der Waals surface area contributed by atoms with Gasteiger partial charge in [0.05, 0.1) is 13.7 Å². The normalized spacial score (nSPS) is 12.0. The van der Waals surface area contributed by atoms with Gasteiger partial charge in [-0.2, -0.15) is 5.10 Å². The Labute approximate surface area is 169 Å². The number of aromatic nitrogens is 3. The molecule has 1 aromatic carbocycles. The highest BCUT2D eigenvalue weighted by atomic mass is 32.2. The Hall–Kier alpha value is -2.24. The topological polar surface area (TPSA) is 118 Å². The molecule has 2 aromatic rings. The van der Waals surface area contributed by atoms with Gasteiger partial charge in [0.1, 0.15) is 10.6 Å². The van der Waals surface area contributed by atoms with Crippen LogP contribution >= 0.6 is 12.2 Å². The summed E-state index contributed by atoms with van der Waals surface area (Å²) in [6, 6.07) is 4.24. The number of rotatable bonds is 7. The Morgan fingerprint density at radius 3 is 2.61 bits per heavy atom. The first-order valence-electron chi connectivity index (χ1n) is 8.63. The molecular weight excluding hydrogens is 402 g/mol. The summed E-state index contributed by atoms with van der Waals surface area (Å²) in [5.74, 6) is 0.295. The van der Waals surface area contributed by atoms with Crippen molar-refractivity contribution in [2.75, 3.05) is 7.11 Å². The largest absolute Gasteiger partial charge is 0.495 e. The molecule has 0 bridgehead atoms. The van der Waals surface area contributed by atoms with Gasteiger partial charge in [0.15, 0.2) is 10.6 Å². The molecule has 0 saturated carbocycles. The van der Waals surface area contributed by atoms with Crippen molar-refractivity contribution in [3.05, 3.63) is 34.4 Å². The van der Waals surface area contributed by atoms with Gasteiger partial charge in [-0.3, -0.25) is 9.89 Å². The van der Waals surface area contributed by atoms with E-state index < -0.39 is 21.5 Å².